The van der Waals surface area contributed by atoms with Gasteiger partial charge in [0, 0.05) is 11.4 Å². The number of rotatable bonds is 6. The summed E-state index contributed by atoms with van der Waals surface area (Å²) >= 11 is 0. The molecule has 0 amide bonds. The average Bonchev–Trinajstić information content (AvgIpc) is 2.98. The quantitative estimate of drug-likeness (QED) is 0.513. The Morgan fingerprint density at radius 2 is 1.29 bits per heavy atom. The van der Waals surface area contributed by atoms with Crippen molar-refractivity contribution in [2.24, 2.45) is 0 Å². The molecule has 2 aromatic rings. The summed E-state index contributed by atoms with van der Waals surface area (Å²) in [5.41, 5.74) is 7.20. The molecule has 0 saturated heterocycles. The van der Waals surface area contributed by atoms with E-state index in [1.807, 2.05) is 0 Å². The second-order valence-electron chi connectivity index (χ2n) is 9.41. The zero-order valence-corrected chi connectivity index (χ0v) is 19.0. The smallest absolute Gasteiger partial charge is 0.352 e. The van der Waals surface area contributed by atoms with Gasteiger partial charge in [0.2, 0.25) is 0 Å². The normalized spacial score (nSPS) is 14.3. The summed E-state index contributed by atoms with van der Waals surface area (Å²) in [4.78, 5) is 5.35. The van der Waals surface area contributed by atoms with Crippen molar-refractivity contribution in [1.29, 1.82) is 0 Å². The maximum Gasteiger partial charge on any atom is 0.352 e. The summed E-state index contributed by atoms with van der Waals surface area (Å²) in [5.74, 6) is 0.988. The topological polar surface area (TPSA) is 6.48 Å². The first-order chi connectivity index (χ1) is 13.2. The molecule has 3 heteroatoms. The molecule has 1 aliphatic rings. The number of fused-ring (bicyclic) bond motifs is 1. The van der Waals surface area contributed by atoms with Gasteiger partial charge in [0.1, 0.15) is 0 Å². The van der Waals surface area contributed by atoms with E-state index in [4.69, 9.17) is 0 Å². The lowest BCUT2D eigenvalue weighted by Gasteiger charge is -2.41. The molecule has 150 valence electrons. The van der Waals surface area contributed by atoms with Gasteiger partial charge in [-0.05, 0) is 53.0 Å². The van der Waals surface area contributed by atoms with E-state index < -0.39 is 0 Å². The number of para-hydroxylation sites is 2. The lowest BCUT2D eigenvalue weighted by Crippen LogP contribution is -2.56. The monoisotopic (exact) mass is 376 g/mol. The van der Waals surface area contributed by atoms with Crippen LogP contribution < -0.4 is 4.81 Å². The van der Waals surface area contributed by atoms with Gasteiger partial charge in [-0.25, -0.2) is 0 Å². The zero-order valence-electron chi connectivity index (χ0n) is 19.0. The van der Waals surface area contributed by atoms with E-state index in [0.29, 0.717) is 30.9 Å². The Morgan fingerprint density at radius 3 is 1.79 bits per heavy atom. The maximum absolute atomic E-state index is 2.68. The van der Waals surface area contributed by atoms with E-state index in [-0.39, 0.29) is 0 Å². The third kappa shape index (κ3) is 3.74. The number of hydrogen-bond acceptors (Lipinski definition) is 2. The second-order valence-corrected chi connectivity index (χ2v) is 9.41. The van der Waals surface area contributed by atoms with E-state index in [1.54, 1.807) is 0 Å². The van der Waals surface area contributed by atoms with Crippen LogP contribution in [-0.4, -0.2) is 23.9 Å². The van der Waals surface area contributed by atoms with Crippen LogP contribution in [0.4, 0.5) is 11.4 Å². The van der Waals surface area contributed by atoms with Gasteiger partial charge < -0.3 is 9.62 Å². The van der Waals surface area contributed by atoms with Gasteiger partial charge >= 0.3 is 6.98 Å². The Hall–Kier alpha value is -1.74. The summed E-state index contributed by atoms with van der Waals surface area (Å²) in [6, 6.07) is 16.9. The van der Waals surface area contributed by atoms with Crippen molar-refractivity contribution in [3.63, 3.8) is 0 Å². The van der Waals surface area contributed by atoms with Crippen LogP contribution in [0.25, 0.3) is 0 Å². The Bertz CT molecular complexity index is 776. The van der Waals surface area contributed by atoms with E-state index in [2.05, 4.69) is 107 Å². The van der Waals surface area contributed by atoms with Crippen LogP contribution in [0.15, 0.2) is 42.5 Å². The second kappa shape index (κ2) is 8.33. The highest BCUT2D eigenvalue weighted by molar-refractivity contribution is 6.64. The van der Waals surface area contributed by atoms with Gasteiger partial charge in [0.25, 0.3) is 0 Å². The van der Waals surface area contributed by atoms with Crippen molar-refractivity contribution < 1.29 is 0 Å². The Kier molecular flexibility index (Phi) is 6.24. The van der Waals surface area contributed by atoms with Crippen LogP contribution in [0.3, 0.4) is 0 Å². The molecule has 3 rings (SSSR count). The summed E-state index contributed by atoms with van der Waals surface area (Å²) in [6.45, 7) is 19.0. The van der Waals surface area contributed by atoms with Crippen molar-refractivity contribution in [2.45, 2.75) is 85.6 Å². The third-order valence-electron chi connectivity index (χ3n) is 6.07. The van der Waals surface area contributed by atoms with Gasteiger partial charge in [-0.3, -0.25) is 0 Å². The molecular formula is C25H37BN2. The predicted octanol–water partition coefficient (Wildman–Crippen LogP) is 6.77. The molecule has 0 aliphatic carbocycles. The molecule has 0 radical (unpaired) electrons. The van der Waals surface area contributed by atoms with E-state index in [9.17, 15) is 0 Å². The van der Waals surface area contributed by atoms with Crippen molar-refractivity contribution in [2.75, 3.05) is 4.81 Å². The minimum atomic E-state index is 0.356. The SMILES string of the molecule is CC(C)c1cccc(C(C)C)c1N1B(N(C(C)C)C(C)C)Cc2ccccc21. The molecule has 2 aromatic carbocycles. The molecule has 0 atom stereocenters. The molecule has 28 heavy (non-hydrogen) atoms. The summed E-state index contributed by atoms with van der Waals surface area (Å²) < 4.78 is 0. The van der Waals surface area contributed by atoms with Gasteiger partial charge in [-0.1, -0.05) is 91.8 Å². The molecule has 0 unspecified atom stereocenters. The number of nitrogens with zero attached hydrogens (tertiary/aromatic N) is 2. The van der Waals surface area contributed by atoms with Crippen LogP contribution in [0.1, 0.15) is 83.9 Å². The highest BCUT2D eigenvalue weighted by atomic mass is 15.3. The molecule has 0 saturated carbocycles. The van der Waals surface area contributed by atoms with Crippen LogP contribution in [-0.2, 0) is 6.32 Å². The molecular weight excluding hydrogens is 339 g/mol. The zero-order chi connectivity index (χ0) is 20.6. The van der Waals surface area contributed by atoms with Crippen molar-refractivity contribution in [3.8, 4) is 0 Å². The molecule has 0 aromatic heterocycles. The summed E-state index contributed by atoms with van der Waals surface area (Å²) in [5, 5.41) is 0. The Morgan fingerprint density at radius 1 is 0.750 bits per heavy atom. The van der Waals surface area contributed by atoms with Gasteiger partial charge in [0.15, 0.2) is 0 Å². The van der Waals surface area contributed by atoms with Crippen LogP contribution >= 0.6 is 0 Å². The first-order valence-electron chi connectivity index (χ1n) is 11.0. The largest absolute Gasteiger partial charge is 0.370 e. The van der Waals surface area contributed by atoms with Crippen LogP contribution in [0.5, 0.6) is 0 Å². The molecule has 2 nitrogen and oxygen atoms in total. The molecule has 0 spiro atoms. The molecule has 1 heterocycles. The van der Waals surface area contributed by atoms with E-state index >= 15 is 0 Å². The summed E-state index contributed by atoms with van der Waals surface area (Å²) in [6.07, 6.45) is 1.08. The fourth-order valence-corrected chi connectivity index (χ4v) is 4.95. The number of benzene rings is 2. The molecule has 0 bridgehead atoms. The lowest BCUT2D eigenvalue weighted by atomic mass is 9.66. The van der Waals surface area contributed by atoms with Gasteiger partial charge in [-0.15, -0.1) is 0 Å². The highest BCUT2D eigenvalue weighted by Gasteiger charge is 2.42. The van der Waals surface area contributed by atoms with Crippen molar-refractivity contribution in [1.82, 2.24) is 4.81 Å². The van der Waals surface area contributed by atoms with E-state index in [0.717, 1.165) is 6.32 Å². The minimum absolute atomic E-state index is 0.356. The highest BCUT2D eigenvalue weighted by Crippen LogP contribution is 2.45. The van der Waals surface area contributed by atoms with Crippen molar-refractivity contribution in [3.05, 3.63) is 59.2 Å². The lowest BCUT2D eigenvalue weighted by molar-refractivity contribution is 0.301. The Labute approximate surface area is 173 Å². The van der Waals surface area contributed by atoms with Crippen LogP contribution in [0, 0.1) is 0 Å². The first kappa shape index (κ1) is 21.0. The standard InChI is InChI=1S/C25H37BN2/c1-17(2)22-13-11-14-23(18(3)4)25(22)28-24-15-10-9-12-21(24)16-26(28)27(19(5)6)20(7)8/h9-15,17-20H,16H2,1-8H3. The van der Waals surface area contributed by atoms with Gasteiger partial charge in [0.05, 0.1) is 0 Å². The molecule has 0 fully saturated rings. The number of anilines is 2. The fraction of sp³-hybridized carbons (Fsp3) is 0.520. The molecule has 0 N–H and O–H groups in total. The summed E-state index contributed by atoms with van der Waals surface area (Å²) in [7, 11) is 0. The fourth-order valence-electron chi connectivity index (χ4n) is 4.95. The van der Waals surface area contributed by atoms with Crippen LogP contribution in [0.2, 0.25) is 0 Å². The third-order valence-corrected chi connectivity index (χ3v) is 6.07. The van der Waals surface area contributed by atoms with Gasteiger partial charge in [-0.2, -0.15) is 0 Å². The predicted molar refractivity (Wildman–Crippen MR) is 125 cm³/mol. The average molecular weight is 376 g/mol. The van der Waals surface area contributed by atoms with E-state index in [1.165, 1.54) is 28.1 Å². The van der Waals surface area contributed by atoms with Crippen molar-refractivity contribution >= 4 is 18.4 Å². The number of hydrogen-bond donors (Lipinski definition) is 0. The first-order valence-corrected chi connectivity index (χ1v) is 11.0. The minimum Gasteiger partial charge on any atom is -0.370 e. The molecule has 1 aliphatic heterocycles. The maximum atomic E-state index is 2.68. The Balaban J connectivity index is 2.27.